The standard InChI is InChI=1S/C27H35N3O5/c31-24(15-9-1-2-10-16-25(32)30-35)23(17-26(33)28-19-21-11-5-3-6-12-21)18-27(34)29-20-22-13-7-4-8-14-22/h3-8,11-14,23,35H,1-2,9-10,15-20H2,(H,28,33)(H,29,34)(H,30,32). The second-order valence-corrected chi connectivity index (χ2v) is 8.55. The van der Waals surface area contributed by atoms with Crippen molar-refractivity contribution in [2.45, 2.75) is 64.5 Å². The van der Waals surface area contributed by atoms with Crippen molar-refractivity contribution in [3.8, 4) is 0 Å². The summed E-state index contributed by atoms with van der Waals surface area (Å²) in [5.74, 6) is -1.76. The van der Waals surface area contributed by atoms with E-state index in [1.807, 2.05) is 60.7 Å². The van der Waals surface area contributed by atoms with E-state index in [1.165, 1.54) is 0 Å². The number of amides is 3. The second-order valence-electron chi connectivity index (χ2n) is 8.55. The third-order valence-electron chi connectivity index (χ3n) is 5.69. The average Bonchev–Trinajstić information content (AvgIpc) is 2.88. The van der Waals surface area contributed by atoms with Gasteiger partial charge in [-0.05, 0) is 24.0 Å². The summed E-state index contributed by atoms with van der Waals surface area (Å²) >= 11 is 0. The Labute approximate surface area is 206 Å². The molecule has 0 aliphatic carbocycles. The monoisotopic (exact) mass is 481 g/mol. The van der Waals surface area contributed by atoms with Crippen molar-refractivity contribution in [1.29, 1.82) is 0 Å². The van der Waals surface area contributed by atoms with Gasteiger partial charge in [-0.15, -0.1) is 0 Å². The van der Waals surface area contributed by atoms with Gasteiger partial charge in [0.2, 0.25) is 17.7 Å². The van der Waals surface area contributed by atoms with Crippen molar-refractivity contribution in [3.05, 3.63) is 71.8 Å². The summed E-state index contributed by atoms with van der Waals surface area (Å²) in [6.45, 7) is 0.727. The van der Waals surface area contributed by atoms with E-state index in [1.54, 1.807) is 5.48 Å². The van der Waals surface area contributed by atoms with E-state index >= 15 is 0 Å². The fourth-order valence-electron chi connectivity index (χ4n) is 3.68. The van der Waals surface area contributed by atoms with E-state index in [4.69, 9.17) is 5.21 Å². The molecule has 0 spiro atoms. The van der Waals surface area contributed by atoms with Gasteiger partial charge < -0.3 is 10.6 Å². The predicted octanol–water partition coefficient (Wildman–Crippen LogP) is 3.43. The molecule has 0 bridgehead atoms. The van der Waals surface area contributed by atoms with E-state index in [9.17, 15) is 19.2 Å². The van der Waals surface area contributed by atoms with Gasteiger partial charge in [0.15, 0.2) is 0 Å². The molecule has 0 saturated heterocycles. The molecule has 2 aromatic rings. The summed E-state index contributed by atoms with van der Waals surface area (Å²) in [6, 6.07) is 19.0. The maximum atomic E-state index is 12.9. The molecule has 0 radical (unpaired) electrons. The molecular formula is C27H35N3O5. The second kappa shape index (κ2) is 16.2. The number of benzene rings is 2. The van der Waals surface area contributed by atoms with Crippen molar-refractivity contribution in [1.82, 2.24) is 16.1 Å². The third kappa shape index (κ3) is 12.0. The van der Waals surface area contributed by atoms with E-state index < -0.39 is 11.8 Å². The quantitative estimate of drug-likeness (QED) is 0.166. The van der Waals surface area contributed by atoms with Crippen LogP contribution >= 0.6 is 0 Å². The molecule has 0 fully saturated rings. The normalized spacial score (nSPS) is 10.6. The minimum Gasteiger partial charge on any atom is -0.352 e. The summed E-state index contributed by atoms with van der Waals surface area (Å²) in [7, 11) is 0. The van der Waals surface area contributed by atoms with Gasteiger partial charge in [-0.1, -0.05) is 73.5 Å². The maximum Gasteiger partial charge on any atom is 0.243 e. The van der Waals surface area contributed by atoms with Crippen molar-refractivity contribution in [2.75, 3.05) is 0 Å². The molecule has 0 unspecified atom stereocenters. The van der Waals surface area contributed by atoms with E-state index in [-0.39, 0.29) is 43.3 Å². The Hall–Kier alpha value is -3.52. The Morgan fingerprint density at radius 3 is 1.54 bits per heavy atom. The number of unbranched alkanes of at least 4 members (excludes halogenated alkanes) is 3. The summed E-state index contributed by atoms with van der Waals surface area (Å²) in [6.07, 6.45) is 3.16. The Morgan fingerprint density at radius 1 is 0.629 bits per heavy atom. The number of rotatable bonds is 16. The van der Waals surface area contributed by atoms with Crippen LogP contribution in [-0.2, 0) is 32.3 Å². The van der Waals surface area contributed by atoms with E-state index in [2.05, 4.69) is 10.6 Å². The molecule has 188 valence electrons. The molecule has 0 aliphatic rings. The number of carbonyl (C=O) groups is 4. The number of hydrogen-bond acceptors (Lipinski definition) is 5. The van der Waals surface area contributed by atoms with Gasteiger partial charge in [0.25, 0.3) is 0 Å². The molecule has 8 nitrogen and oxygen atoms in total. The zero-order chi connectivity index (χ0) is 25.3. The summed E-state index contributed by atoms with van der Waals surface area (Å²) in [5, 5.41) is 14.2. The Kier molecular flexibility index (Phi) is 12.8. The van der Waals surface area contributed by atoms with Gasteiger partial charge in [0.1, 0.15) is 5.78 Å². The zero-order valence-electron chi connectivity index (χ0n) is 20.0. The molecule has 0 atom stereocenters. The highest BCUT2D eigenvalue weighted by atomic mass is 16.5. The Balaban J connectivity index is 1.84. The Bertz CT molecular complexity index is 877. The predicted molar refractivity (Wildman–Crippen MR) is 132 cm³/mol. The zero-order valence-corrected chi connectivity index (χ0v) is 20.0. The van der Waals surface area contributed by atoms with Gasteiger partial charge in [0, 0.05) is 44.7 Å². The van der Waals surface area contributed by atoms with Crippen LogP contribution in [0.5, 0.6) is 0 Å². The lowest BCUT2D eigenvalue weighted by Gasteiger charge is -2.16. The SMILES string of the molecule is O=C(CCCCCCC(=O)C(CC(=O)NCc1ccccc1)CC(=O)NCc1ccccc1)NO. The van der Waals surface area contributed by atoms with Crippen LogP contribution in [0.4, 0.5) is 0 Å². The molecule has 4 N–H and O–H groups in total. The van der Waals surface area contributed by atoms with Crippen LogP contribution in [0.1, 0.15) is 62.5 Å². The average molecular weight is 482 g/mol. The molecule has 3 amide bonds. The minimum absolute atomic E-state index is 0.0406. The lowest BCUT2D eigenvalue weighted by molar-refractivity contribution is -0.132. The summed E-state index contributed by atoms with van der Waals surface area (Å²) in [4.78, 5) is 49.0. The summed E-state index contributed by atoms with van der Waals surface area (Å²) < 4.78 is 0. The lowest BCUT2D eigenvalue weighted by Crippen LogP contribution is -2.32. The van der Waals surface area contributed by atoms with Crippen LogP contribution < -0.4 is 16.1 Å². The first-order valence-corrected chi connectivity index (χ1v) is 12.0. The summed E-state index contributed by atoms with van der Waals surface area (Å²) in [5.41, 5.74) is 3.51. The van der Waals surface area contributed by atoms with Crippen molar-refractivity contribution in [3.63, 3.8) is 0 Å². The topological polar surface area (TPSA) is 125 Å². The molecule has 35 heavy (non-hydrogen) atoms. The van der Waals surface area contributed by atoms with Crippen molar-refractivity contribution < 1.29 is 24.4 Å². The fourth-order valence-corrected chi connectivity index (χ4v) is 3.68. The highest BCUT2D eigenvalue weighted by Gasteiger charge is 2.24. The molecular weight excluding hydrogens is 446 g/mol. The van der Waals surface area contributed by atoms with Crippen molar-refractivity contribution >= 4 is 23.5 Å². The van der Waals surface area contributed by atoms with Crippen LogP contribution in [0.3, 0.4) is 0 Å². The highest BCUT2D eigenvalue weighted by molar-refractivity contribution is 5.91. The smallest absolute Gasteiger partial charge is 0.243 e. The molecule has 0 heterocycles. The molecule has 0 aliphatic heterocycles. The van der Waals surface area contributed by atoms with Crippen LogP contribution in [0.2, 0.25) is 0 Å². The van der Waals surface area contributed by atoms with Crippen molar-refractivity contribution in [2.24, 2.45) is 5.92 Å². The first kappa shape index (κ1) is 27.7. The van der Waals surface area contributed by atoms with Crippen LogP contribution in [0.25, 0.3) is 0 Å². The van der Waals surface area contributed by atoms with Gasteiger partial charge >= 0.3 is 0 Å². The van der Waals surface area contributed by atoms with Gasteiger partial charge in [0.05, 0.1) is 0 Å². The molecule has 0 aromatic heterocycles. The fraction of sp³-hybridized carbons (Fsp3) is 0.407. The number of hydrogen-bond donors (Lipinski definition) is 4. The van der Waals surface area contributed by atoms with Gasteiger partial charge in [-0.25, -0.2) is 5.48 Å². The first-order valence-electron chi connectivity index (χ1n) is 12.0. The van der Waals surface area contributed by atoms with E-state index in [0.717, 1.165) is 24.0 Å². The maximum absolute atomic E-state index is 12.9. The highest BCUT2D eigenvalue weighted by Crippen LogP contribution is 2.16. The number of ketones is 1. The minimum atomic E-state index is -0.693. The molecule has 2 aromatic carbocycles. The van der Waals surface area contributed by atoms with Crippen LogP contribution in [-0.4, -0.2) is 28.7 Å². The van der Waals surface area contributed by atoms with Gasteiger partial charge in [-0.3, -0.25) is 24.4 Å². The largest absolute Gasteiger partial charge is 0.352 e. The van der Waals surface area contributed by atoms with Crippen LogP contribution in [0.15, 0.2) is 60.7 Å². The van der Waals surface area contributed by atoms with E-state index in [0.29, 0.717) is 25.9 Å². The number of carbonyl (C=O) groups excluding carboxylic acids is 4. The van der Waals surface area contributed by atoms with Gasteiger partial charge in [-0.2, -0.15) is 0 Å². The molecule has 0 saturated carbocycles. The third-order valence-corrected chi connectivity index (χ3v) is 5.69. The first-order chi connectivity index (χ1) is 17.0. The van der Waals surface area contributed by atoms with Crippen LogP contribution in [0, 0.1) is 5.92 Å². The molecule has 2 rings (SSSR count). The number of Topliss-reactive ketones (excluding diaryl/α,β-unsaturated/α-hetero) is 1. The number of nitrogens with one attached hydrogen (secondary N) is 3. The lowest BCUT2D eigenvalue weighted by atomic mass is 9.91. The number of hydroxylamine groups is 1. The molecule has 8 heteroatoms. The Morgan fingerprint density at radius 2 is 1.09 bits per heavy atom.